The van der Waals surface area contributed by atoms with E-state index >= 15 is 0 Å². The zero-order chi connectivity index (χ0) is 21.4. The quantitative estimate of drug-likeness (QED) is 0.312. The summed E-state index contributed by atoms with van der Waals surface area (Å²) in [4.78, 5) is 23.9. The number of carbonyl (C=O) groups excluding carboxylic acids is 2. The SMILES string of the molecule is CCOc1cc(C=NNC(=O)CC(=O)Nc2ccc(Cl)c(Cl)c2)cc(Br)c1OC. The minimum Gasteiger partial charge on any atom is -0.492 e. The summed E-state index contributed by atoms with van der Waals surface area (Å²) in [6.45, 7) is 2.32. The first-order chi connectivity index (χ1) is 13.8. The highest BCUT2D eigenvalue weighted by atomic mass is 79.9. The van der Waals surface area contributed by atoms with Crippen molar-refractivity contribution in [3.63, 3.8) is 0 Å². The van der Waals surface area contributed by atoms with Gasteiger partial charge in [0.1, 0.15) is 6.42 Å². The molecule has 10 heteroatoms. The first kappa shape index (κ1) is 23.0. The van der Waals surface area contributed by atoms with Crippen LogP contribution in [-0.4, -0.2) is 31.7 Å². The van der Waals surface area contributed by atoms with Gasteiger partial charge in [-0.3, -0.25) is 9.59 Å². The number of benzene rings is 2. The lowest BCUT2D eigenvalue weighted by molar-refractivity contribution is -0.126. The van der Waals surface area contributed by atoms with Crippen LogP contribution in [0.25, 0.3) is 0 Å². The van der Waals surface area contributed by atoms with Crippen LogP contribution in [0.3, 0.4) is 0 Å². The number of halogens is 3. The lowest BCUT2D eigenvalue weighted by Gasteiger charge is -2.11. The van der Waals surface area contributed by atoms with E-state index in [4.69, 9.17) is 32.7 Å². The molecule has 0 saturated heterocycles. The topological polar surface area (TPSA) is 89.0 Å². The number of ether oxygens (including phenoxy) is 2. The minimum atomic E-state index is -0.573. The van der Waals surface area contributed by atoms with Gasteiger partial charge in [-0.25, -0.2) is 5.43 Å². The lowest BCUT2D eigenvalue weighted by Crippen LogP contribution is -2.24. The molecule has 0 bridgehead atoms. The van der Waals surface area contributed by atoms with Gasteiger partial charge in [-0.15, -0.1) is 0 Å². The van der Waals surface area contributed by atoms with Gasteiger partial charge in [0.15, 0.2) is 11.5 Å². The Morgan fingerprint density at radius 1 is 1.17 bits per heavy atom. The van der Waals surface area contributed by atoms with Crippen LogP contribution in [0.4, 0.5) is 5.69 Å². The van der Waals surface area contributed by atoms with E-state index in [9.17, 15) is 9.59 Å². The monoisotopic (exact) mass is 501 g/mol. The number of nitrogens with zero attached hydrogens (tertiary/aromatic N) is 1. The predicted octanol–water partition coefficient (Wildman–Crippen LogP) is 4.64. The summed E-state index contributed by atoms with van der Waals surface area (Å²) in [6, 6.07) is 8.11. The number of hydrogen-bond donors (Lipinski definition) is 2. The second-order valence-corrected chi connectivity index (χ2v) is 7.28. The maximum absolute atomic E-state index is 11.9. The van der Waals surface area contributed by atoms with Gasteiger partial charge in [0.05, 0.1) is 34.4 Å². The van der Waals surface area contributed by atoms with Crippen molar-refractivity contribution in [2.75, 3.05) is 19.0 Å². The van der Waals surface area contributed by atoms with Crippen molar-refractivity contribution in [3.8, 4) is 11.5 Å². The summed E-state index contributed by atoms with van der Waals surface area (Å²) in [5.41, 5.74) is 3.41. The van der Waals surface area contributed by atoms with Crippen molar-refractivity contribution in [2.45, 2.75) is 13.3 Å². The van der Waals surface area contributed by atoms with Gasteiger partial charge in [0.25, 0.3) is 0 Å². The van der Waals surface area contributed by atoms with Crippen molar-refractivity contribution in [3.05, 3.63) is 50.4 Å². The molecule has 7 nitrogen and oxygen atoms in total. The zero-order valence-corrected chi connectivity index (χ0v) is 18.7. The summed E-state index contributed by atoms with van der Waals surface area (Å²) < 4.78 is 11.5. The van der Waals surface area contributed by atoms with Gasteiger partial charge in [-0.2, -0.15) is 5.10 Å². The molecule has 0 aliphatic rings. The van der Waals surface area contributed by atoms with Crippen LogP contribution in [0.5, 0.6) is 11.5 Å². The van der Waals surface area contributed by atoms with E-state index in [1.165, 1.54) is 12.3 Å². The number of carbonyl (C=O) groups is 2. The van der Waals surface area contributed by atoms with E-state index < -0.39 is 18.2 Å². The molecular formula is C19H18BrCl2N3O4. The smallest absolute Gasteiger partial charge is 0.249 e. The van der Waals surface area contributed by atoms with Crippen LogP contribution in [-0.2, 0) is 9.59 Å². The molecule has 2 rings (SSSR count). The van der Waals surface area contributed by atoms with Gasteiger partial charge >= 0.3 is 0 Å². The first-order valence-electron chi connectivity index (χ1n) is 8.41. The molecule has 2 amide bonds. The molecule has 0 fully saturated rings. The number of anilines is 1. The van der Waals surface area contributed by atoms with Crippen LogP contribution >= 0.6 is 39.1 Å². The standard InChI is InChI=1S/C19H18BrCl2N3O4/c1-3-29-16-7-11(6-13(20)19(16)28-2)10-23-25-18(27)9-17(26)24-12-4-5-14(21)15(22)8-12/h4-8,10H,3,9H2,1-2H3,(H,24,26)(H,25,27). The summed E-state index contributed by atoms with van der Waals surface area (Å²) in [5.74, 6) is 0.0171. The Morgan fingerprint density at radius 3 is 2.59 bits per heavy atom. The predicted molar refractivity (Wildman–Crippen MR) is 117 cm³/mol. The molecule has 0 aliphatic carbocycles. The van der Waals surface area contributed by atoms with E-state index in [1.807, 2.05) is 6.92 Å². The Hall–Kier alpha value is -2.29. The normalized spacial score (nSPS) is 10.7. The molecule has 2 N–H and O–H groups in total. The number of amides is 2. The van der Waals surface area contributed by atoms with Crippen LogP contribution < -0.4 is 20.2 Å². The summed E-state index contributed by atoms with van der Waals surface area (Å²) in [5, 5.41) is 7.10. The molecule has 2 aromatic rings. The molecule has 0 heterocycles. The van der Waals surface area contributed by atoms with E-state index in [1.54, 1.807) is 31.4 Å². The number of hydrazone groups is 1. The maximum atomic E-state index is 11.9. The molecule has 0 spiro atoms. The van der Waals surface area contributed by atoms with E-state index in [-0.39, 0.29) is 0 Å². The summed E-state index contributed by atoms with van der Waals surface area (Å²) in [6.07, 6.45) is 1.02. The van der Waals surface area contributed by atoms with E-state index in [0.29, 0.717) is 43.9 Å². The zero-order valence-electron chi connectivity index (χ0n) is 15.6. The molecule has 0 aliphatic heterocycles. The van der Waals surface area contributed by atoms with E-state index in [2.05, 4.69) is 31.8 Å². The molecule has 0 unspecified atom stereocenters. The fourth-order valence-corrected chi connectivity index (χ4v) is 3.19. The number of methoxy groups -OCH3 is 1. The molecule has 0 aromatic heterocycles. The fourth-order valence-electron chi connectivity index (χ4n) is 2.27. The Labute approximate surface area is 186 Å². The van der Waals surface area contributed by atoms with Crippen molar-refractivity contribution in [2.24, 2.45) is 5.10 Å². The second-order valence-electron chi connectivity index (χ2n) is 5.61. The summed E-state index contributed by atoms with van der Waals surface area (Å²) >= 11 is 15.1. The minimum absolute atomic E-state index is 0.301. The average molecular weight is 503 g/mol. The molecular weight excluding hydrogens is 485 g/mol. The highest BCUT2D eigenvalue weighted by molar-refractivity contribution is 9.10. The van der Waals surface area contributed by atoms with E-state index in [0.717, 1.165) is 0 Å². The molecule has 0 radical (unpaired) electrons. The van der Waals surface area contributed by atoms with Crippen molar-refractivity contribution < 1.29 is 19.1 Å². The number of nitrogens with one attached hydrogen (secondary N) is 2. The third-order valence-electron chi connectivity index (χ3n) is 3.46. The van der Waals surface area contributed by atoms with Crippen molar-refractivity contribution in [1.82, 2.24) is 5.43 Å². The maximum Gasteiger partial charge on any atom is 0.249 e. The molecule has 2 aromatic carbocycles. The molecule has 0 saturated carbocycles. The Bertz CT molecular complexity index is 938. The Balaban J connectivity index is 1.93. The third kappa shape index (κ3) is 6.92. The lowest BCUT2D eigenvalue weighted by atomic mass is 10.2. The van der Waals surface area contributed by atoms with Gasteiger partial charge in [0, 0.05) is 5.69 Å². The van der Waals surface area contributed by atoms with Crippen LogP contribution in [0.2, 0.25) is 10.0 Å². The van der Waals surface area contributed by atoms with Gasteiger partial charge < -0.3 is 14.8 Å². The summed E-state index contributed by atoms with van der Waals surface area (Å²) in [7, 11) is 1.54. The molecule has 154 valence electrons. The molecule has 0 atom stereocenters. The first-order valence-corrected chi connectivity index (χ1v) is 9.96. The van der Waals surface area contributed by atoms with Gasteiger partial charge in [-0.05, 0) is 58.7 Å². The second kappa shape index (κ2) is 11.0. The highest BCUT2D eigenvalue weighted by Gasteiger charge is 2.12. The van der Waals surface area contributed by atoms with Gasteiger partial charge in [0.2, 0.25) is 11.8 Å². The van der Waals surface area contributed by atoms with Gasteiger partial charge in [-0.1, -0.05) is 23.2 Å². The Morgan fingerprint density at radius 2 is 1.93 bits per heavy atom. The van der Waals surface area contributed by atoms with Crippen LogP contribution in [0.15, 0.2) is 39.9 Å². The largest absolute Gasteiger partial charge is 0.492 e. The van der Waals surface area contributed by atoms with Crippen LogP contribution in [0.1, 0.15) is 18.9 Å². The fraction of sp³-hybridized carbons (Fsp3) is 0.211. The van der Waals surface area contributed by atoms with Crippen molar-refractivity contribution in [1.29, 1.82) is 0 Å². The van der Waals surface area contributed by atoms with Crippen molar-refractivity contribution >= 4 is 62.8 Å². The average Bonchev–Trinajstić information content (AvgIpc) is 2.65. The molecule has 29 heavy (non-hydrogen) atoms. The number of hydrogen-bond acceptors (Lipinski definition) is 5. The number of rotatable bonds is 8. The highest BCUT2D eigenvalue weighted by Crippen LogP contribution is 2.36. The third-order valence-corrected chi connectivity index (χ3v) is 4.79. The van der Waals surface area contributed by atoms with Crippen LogP contribution in [0, 0.1) is 0 Å². The Kier molecular flexibility index (Phi) is 8.75.